The summed E-state index contributed by atoms with van der Waals surface area (Å²) in [4.78, 5) is 25.8. The third-order valence-corrected chi connectivity index (χ3v) is 5.49. The average Bonchev–Trinajstić information content (AvgIpc) is 2.83. The van der Waals surface area contributed by atoms with Crippen LogP contribution in [0.3, 0.4) is 0 Å². The van der Waals surface area contributed by atoms with E-state index in [-0.39, 0.29) is 27.4 Å². The Morgan fingerprint density at radius 3 is 2.59 bits per heavy atom. The molecule has 3 N–H and O–H groups in total. The van der Waals surface area contributed by atoms with Gasteiger partial charge in [0.15, 0.2) is 0 Å². The van der Waals surface area contributed by atoms with E-state index in [4.69, 9.17) is 4.74 Å². The molecule has 176 valence electrons. The number of phenolic OH excluding ortho intramolecular Hbond substituents is 1. The Kier molecular flexibility index (Phi) is 7.13. The van der Waals surface area contributed by atoms with Crippen molar-refractivity contribution in [1.82, 2.24) is 15.0 Å². The molecule has 2 heterocycles. The normalized spacial score (nSPS) is 13.8. The van der Waals surface area contributed by atoms with Gasteiger partial charge in [-0.3, -0.25) is 10.1 Å². The predicted octanol–water partition coefficient (Wildman–Crippen LogP) is 3.58. The van der Waals surface area contributed by atoms with Gasteiger partial charge in [-0.25, -0.2) is 5.43 Å². The second kappa shape index (κ2) is 10.4. The van der Waals surface area contributed by atoms with E-state index in [0.29, 0.717) is 38.2 Å². The van der Waals surface area contributed by atoms with Gasteiger partial charge in [0.25, 0.3) is 5.69 Å². The summed E-state index contributed by atoms with van der Waals surface area (Å²) in [5.41, 5.74) is 4.61. The maximum atomic E-state index is 11.1. The van der Waals surface area contributed by atoms with E-state index in [1.54, 1.807) is 0 Å². The Hall–Kier alpha value is -3.84. The number of ether oxygens (including phenoxy) is 1. The van der Waals surface area contributed by atoms with Gasteiger partial charge in [0.05, 0.1) is 28.8 Å². The molecule has 0 amide bonds. The molecule has 1 aliphatic rings. The van der Waals surface area contributed by atoms with Crippen molar-refractivity contribution in [2.75, 3.05) is 41.9 Å². The van der Waals surface area contributed by atoms with E-state index >= 15 is 0 Å². The van der Waals surface area contributed by atoms with Crippen LogP contribution in [-0.4, -0.2) is 57.5 Å². The van der Waals surface area contributed by atoms with Gasteiger partial charge in [-0.15, -0.1) is 0 Å². The molecular formula is C21H21BrN8O4. The average molecular weight is 529 g/mol. The molecule has 12 nitrogen and oxygen atoms in total. The molecule has 1 aromatic heterocycles. The molecule has 0 radical (unpaired) electrons. The Morgan fingerprint density at radius 1 is 1.18 bits per heavy atom. The number of nitro groups is 1. The number of phenols is 1. The summed E-state index contributed by atoms with van der Waals surface area (Å²) in [6.45, 7) is 4.39. The van der Waals surface area contributed by atoms with Crippen LogP contribution in [0.1, 0.15) is 11.1 Å². The first-order valence-corrected chi connectivity index (χ1v) is 11.1. The van der Waals surface area contributed by atoms with E-state index in [9.17, 15) is 15.2 Å². The lowest BCUT2D eigenvalue weighted by Gasteiger charge is -2.27. The molecular weight excluding hydrogens is 508 g/mol. The van der Waals surface area contributed by atoms with Gasteiger partial charge < -0.3 is 20.1 Å². The molecule has 2 aromatic carbocycles. The number of aryl methyl sites for hydroxylation is 1. The molecule has 34 heavy (non-hydrogen) atoms. The Morgan fingerprint density at radius 2 is 1.88 bits per heavy atom. The Balaban J connectivity index is 1.60. The molecule has 1 aliphatic heterocycles. The molecule has 1 fully saturated rings. The number of rotatable bonds is 7. The van der Waals surface area contributed by atoms with E-state index in [1.165, 1.54) is 18.3 Å². The Labute approximate surface area is 203 Å². The Bertz CT molecular complexity index is 1220. The zero-order chi connectivity index (χ0) is 24.1. The number of hydrogen-bond donors (Lipinski definition) is 3. The van der Waals surface area contributed by atoms with Crippen molar-refractivity contribution in [2.45, 2.75) is 6.92 Å². The highest BCUT2D eigenvalue weighted by atomic mass is 79.9. The lowest BCUT2D eigenvalue weighted by atomic mass is 10.2. The SMILES string of the molecule is Cc1ccc(Nc2nc(N/N=C\c3cc([N+](=O)[O-])cc(Br)c3O)nc(N3CCOCC3)n2)cc1. The largest absolute Gasteiger partial charge is 0.506 e. The van der Waals surface area contributed by atoms with Crippen molar-refractivity contribution in [1.29, 1.82) is 0 Å². The number of nitro benzene ring substituents is 1. The van der Waals surface area contributed by atoms with Crippen LogP contribution in [0.2, 0.25) is 0 Å². The third kappa shape index (κ3) is 5.74. The minimum atomic E-state index is -0.557. The number of hydrazone groups is 1. The minimum absolute atomic E-state index is 0.147. The summed E-state index contributed by atoms with van der Waals surface area (Å²) < 4.78 is 5.59. The number of aromatic hydroxyl groups is 1. The first-order chi connectivity index (χ1) is 16.4. The summed E-state index contributed by atoms with van der Waals surface area (Å²) in [6, 6.07) is 10.2. The molecule has 0 saturated carbocycles. The van der Waals surface area contributed by atoms with E-state index in [0.717, 1.165) is 11.3 Å². The van der Waals surface area contributed by atoms with Gasteiger partial charge in [-0.2, -0.15) is 20.1 Å². The second-order valence-corrected chi connectivity index (χ2v) is 8.22. The number of nitrogens with one attached hydrogen (secondary N) is 2. The lowest BCUT2D eigenvalue weighted by Crippen LogP contribution is -2.37. The van der Waals surface area contributed by atoms with Gasteiger partial charge >= 0.3 is 0 Å². The lowest BCUT2D eigenvalue weighted by molar-refractivity contribution is -0.385. The van der Waals surface area contributed by atoms with E-state index < -0.39 is 4.92 Å². The number of hydrogen-bond acceptors (Lipinski definition) is 11. The monoisotopic (exact) mass is 528 g/mol. The summed E-state index contributed by atoms with van der Waals surface area (Å²) in [5, 5.41) is 28.5. The highest BCUT2D eigenvalue weighted by molar-refractivity contribution is 9.10. The highest BCUT2D eigenvalue weighted by Crippen LogP contribution is 2.31. The fourth-order valence-corrected chi connectivity index (χ4v) is 3.57. The molecule has 13 heteroatoms. The van der Waals surface area contributed by atoms with Crippen LogP contribution in [0, 0.1) is 17.0 Å². The summed E-state index contributed by atoms with van der Waals surface area (Å²) >= 11 is 3.11. The number of anilines is 4. The fraction of sp³-hybridized carbons (Fsp3) is 0.238. The number of morpholine rings is 1. The predicted molar refractivity (Wildman–Crippen MR) is 131 cm³/mol. The van der Waals surface area contributed by atoms with Crippen LogP contribution in [0.5, 0.6) is 5.75 Å². The highest BCUT2D eigenvalue weighted by Gasteiger charge is 2.17. The molecule has 0 spiro atoms. The second-order valence-electron chi connectivity index (χ2n) is 7.37. The first kappa shape index (κ1) is 23.3. The quantitative estimate of drug-likeness (QED) is 0.235. The summed E-state index contributed by atoms with van der Waals surface area (Å²) in [7, 11) is 0. The van der Waals surface area contributed by atoms with Crippen LogP contribution in [0.15, 0.2) is 46.0 Å². The van der Waals surface area contributed by atoms with Crippen molar-refractivity contribution < 1.29 is 14.8 Å². The van der Waals surface area contributed by atoms with E-state index in [1.807, 2.05) is 36.1 Å². The zero-order valence-corrected chi connectivity index (χ0v) is 19.7. The molecule has 0 atom stereocenters. The summed E-state index contributed by atoms with van der Waals surface area (Å²) in [5.74, 6) is 0.749. The maximum absolute atomic E-state index is 11.1. The van der Waals surface area contributed by atoms with Crippen molar-refractivity contribution in [2.24, 2.45) is 5.10 Å². The van der Waals surface area contributed by atoms with Crippen molar-refractivity contribution in [3.8, 4) is 5.75 Å². The van der Waals surface area contributed by atoms with Gasteiger partial charge in [0.1, 0.15) is 5.75 Å². The third-order valence-electron chi connectivity index (χ3n) is 4.88. The minimum Gasteiger partial charge on any atom is -0.506 e. The van der Waals surface area contributed by atoms with Gasteiger partial charge in [0.2, 0.25) is 17.8 Å². The number of benzene rings is 2. The fourth-order valence-electron chi connectivity index (χ4n) is 3.11. The van der Waals surface area contributed by atoms with E-state index in [2.05, 4.69) is 46.7 Å². The number of aromatic nitrogens is 3. The number of non-ortho nitro benzene ring substituents is 1. The molecule has 0 unspecified atom stereocenters. The molecule has 3 aromatic rings. The van der Waals surface area contributed by atoms with Crippen LogP contribution in [0.25, 0.3) is 0 Å². The topological polar surface area (TPSA) is 151 Å². The number of nitrogens with zero attached hydrogens (tertiary/aromatic N) is 6. The van der Waals surface area contributed by atoms with Crippen LogP contribution < -0.4 is 15.6 Å². The van der Waals surface area contributed by atoms with Gasteiger partial charge in [0, 0.05) is 36.5 Å². The molecule has 0 bridgehead atoms. The molecule has 0 aliphatic carbocycles. The van der Waals surface area contributed by atoms with Crippen molar-refractivity contribution in [3.05, 3.63) is 62.1 Å². The van der Waals surface area contributed by atoms with Crippen LogP contribution in [-0.2, 0) is 4.74 Å². The zero-order valence-electron chi connectivity index (χ0n) is 18.1. The van der Waals surface area contributed by atoms with Crippen molar-refractivity contribution >= 4 is 51.4 Å². The van der Waals surface area contributed by atoms with Crippen molar-refractivity contribution in [3.63, 3.8) is 0 Å². The van der Waals surface area contributed by atoms with Crippen LogP contribution >= 0.6 is 15.9 Å². The number of halogens is 1. The molecule has 1 saturated heterocycles. The summed E-state index contributed by atoms with van der Waals surface area (Å²) in [6.07, 6.45) is 1.25. The standard InChI is InChI=1S/C21H21BrN8O4/c1-13-2-4-15(5-3-13)24-19-25-20(27-21(26-19)29-6-8-34-9-7-29)28-23-12-14-10-16(30(32)33)11-17(22)18(14)31/h2-5,10-12,31H,6-9H2,1H3,(H2,24,25,26,27,28)/b23-12-. The van der Waals surface area contributed by atoms with Gasteiger partial charge in [-0.1, -0.05) is 17.7 Å². The van der Waals surface area contributed by atoms with Gasteiger partial charge in [-0.05, 0) is 35.0 Å². The molecule has 4 rings (SSSR count). The smallest absolute Gasteiger partial charge is 0.271 e. The van der Waals surface area contributed by atoms with Crippen LogP contribution in [0.4, 0.5) is 29.2 Å². The first-order valence-electron chi connectivity index (χ1n) is 10.3. The maximum Gasteiger partial charge on any atom is 0.271 e.